The topological polar surface area (TPSA) is 62.2 Å². The van der Waals surface area contributed by atoms with E-state index in [2.05, 4.69) is 15.6 Å². The minimum absolute atomic E-state index is 0. The van der Waals surface area contributed by atoms with Crippen LogP contribution in [0.5, 0.6) is 0 Å². The quantitative estimate of drug-likeness (QED) is 0.859. The molecule has 0 radical (unpaired) electrons. The molecule has 9 heteroatoms. The van der Waals surface area contributed by atoms with Crippen molar-refractivity contribution in [1.82, 2.24) is 19.8 Å². The Labute approximate surface area is 150 Å². The molecule has 1 aliphatic rings. The van der Waals surface area contributed by atoms with Gasteiger partial charge < -0.3 is 15.2 Å². The maximum atomic E-state index is 13.7. The minimum atomic E-state index is -0.788. The lowest BCUT2D eigenvalue weighted by atomic mass is 10.1. The number of halogens is 3. The van der Waals surface area contributed by atoms with Crippen LogP contribution in [0.4, 0.5) is 14.5 Å². The number of nitrogens with one attached hydrogen (secondary N) is 2. The molecule has 2 heterocycles. The summed E-state index contributed by atoms with van der Waals surface area (Å²) >= 11 is 0. The lowest BCUT2D eigenvalue weighted by molar-refractivity contribution is -0.118. The van der Waals surface area contributed by atoms with E-state index in [4.69, 9.17) is 0 Å². The summed E-state index contributed by atoms with van der Waals surface area (Å²) in [6.07, 6.45) is 3.58. The first-order chi connectivity index (χ1) is 11.5. The van der Waals surface area contributed by atoms with E-state index in [-0.39, 0.29) is 36.6 Å². The molecule has 1 aromatic heterocycles. The van der Waals surface area contributed by atoms with E-state index in [0.717, 1.165) is 24.5 Å². The number of imidazole rings is 1. The maximum absolute atomic E-state index is 13.7. The monoisotopic (exact) mass is 371 g/mol. The largest absolute Gasteiger partial charge is 0.337 e. The van der Waals surface area contributed by atoms with Crippen molar-refractivity contribution in [3.63, 3.8) is 0 Å². The number of nitrogens with zero attached hydrogens (tertiary/aromatic N) is 3. The lowest BCUT2D eigenvalue weighted by Gasteiger charge is -2.35. The Morgan fingerprint density at radius 3 is 2.92 bits per heavy atom. The number of benzene rings is 1. The molecule has 1 saturated heterocycles. The first-order valence-corrected chi connectivity index (χ1v) is 7.71. The molecule has 6 nitrogen and oxygen atoms in total. The zero-order valence-corrected chi connectivity index (χ0v) is 14.5. The Kier molecular flexibility index (Phi) is 6.46. The standard InChI is InChI=1S/C16H19F2N5O.ClH/c1-22-6-5-20-16(22)14-9-19-4-7-23(14)10-15(24)21-13-3-2-11(17)8-12(13)18;/h2-3,5-6,8,14,19H,4,7,9-10H2,1H3,(H,21,24);1H. The van der Waals surface area contributed by atoms with Crippen molar-refractivity contribution in [3.8, 4) is 0 Å². The highest BCUT2D eigenvalue weighted by Crippen LogP contribution is 2.20. The fourth-order valence-electron chi connectivity index (χ4n) is 2.85. The number of carbonyl (C=O) groups is 1. The molecule has 2 N–H and O–H groups in total. The van der Waals surface area contributed by atoms with E-state index < -0.39 is 11.6 Å². The molecule has 0 bridgehead atoms. The third-order valence-corrected chi connectivity index (χ3v) is 4.06. The van der Waals surface area contributed by atoms with Gasteiger partial charge in [-0.15, -0.1) is 12.4 Å². The minimum Gasteiger partial charge on any atom is -0.337 e. The summed E-state index contributed by atoms with van der Waals surface area (Å²) in [5, 5.41) is 5.79. The highest BCUT2D eigenvalue weighted by Gasteiger charge is 2.28. The molecule has 25 heavy (non-hydrogen) atoms. The zero-order chi connectivity index (χ0) is 17.1. The van der Waals surface area contributed by atoms with Crippen LogP contribution in [-0.4, -0.2) is 46.5 Å². The van der Waals surface area contributed by atoms with Crippen molar-refractivity contribution in [3.05, 3.63) is 48.1 Å². The summed E-state index contributed by atoms with van der Waals surface area (Å²) in [6, 6.07) is 3.04. The number of aryl methyl sites for hydroxylation is 1. The van der Waals surface area contributed by atoms with Gasteiger partial charge in [0.25, 0.3) is 0 Å². The van der Waals surface area contributed by atoms with Crippen molar-refractivity contribution < 1.29 is 13.6 Å². The van der Waals surface area contributed by atoms with Gasteiger partial charge >= 0.3 is 0 Å². The van der Waals surface area contributed by atoms with Gasteiger partial charge in [0.2, 0.25) is 5.91 Å². The molecule has 0 aliphatic carbocycles. The van der Waals surface area contributed by atoms with Crippen LogP contribution in [0.25, 0.3) is 0 Å². The molecule has 1 aromatic carbocycles. The Hall–Kier alpha value is -2.03. The fourth-order valence-corrected chi connectivity index (χ4v) is 2.85. The normalized spacial score (nSPS) is 17.8. The number of carbonyl (C=O) groups excluding carboxylic acids is 1. The Morgan fingerprint density at radius 2 is 2.24 bits per heavy atom. The number of anilines is 1. The molecule has 1 amide bonds. The maximum Gasteiger partial charge on any atom is 0.238 e. The molecule has 0 spiro atoms. The second-order valence-corrected chi connectivity index (χ2v) is 5.76. The van der Waals surface area contributed by atoms with E-state index in [0.29, 0.717) is 13.1 Å². The van der Waals surface area contributed by atoms with Crippen LogP contribution in [0, 0.1) is 11.6 Å². The first kappa shape index (κ1) is 19.3. The van der Waals surface area contributed by atoms with Crippen LogP contribution in [-0.2, 0) is 11.8 Å². The number of amides is 1. The summed E-state index contributed by atoms with van der Waals surface area (Å²) in [5.74, 6) is -0.948. The average Bonchev–Trinajstić information content (AvgIpc) is 2.97. The van der Waals surface area contributed by atoms with Crippen LogP contribution in [0.2, 0.25) is 0 Å². The van der Waals surface area contributed by atoms with Gasteiger partial charge in [-0.2, -0.15) is 0 Å². The molecule has 136 valence electrons. The Morgan fingerprint density at radius 1 is 1.44 bits per heavy atom. The molecular weight excluding hydrogens is 352 g/mol. The van der Waals surface area contributed by atoms with Gasteiger partial charge in [-0.25, -0.2) is 13.8 Å². The molecule has 1 fully saturated rings. The van der Waals surface area contributed by atoms with Crippen LogP contribution >= 0.6 is 12.4 Å². The summed E-state index contributed by atoms with van der Waals surface area (Å²) in [5.41, 5.74) is -0.0231. The van der Waals surface area contributed by atoms with Gasteiger partial charge in [0.15, 0.2) is 0 Å². The predicted molar refractivity (Wildman–Crippen MR) is 92.6 cm³/mol. The van der Waals surface area contributed by atoms with Crippen LogP contribution in [0.1, 0.15) is 11.9 Å². The number of aromatic nitrogens is 2. The number of rotatable bonds is 4. The van der Waals surface area contributed by atoms with Crippen molar-refractivity contribution >= 4 is 24.0 Å². The van der Waals surface area contributed by atoms with Gasteiger partial charge in [-0.05, 0) is 12.1 Å². The zero-order valence-electron chi connectivity index (χ0n) is 13.7. The fraction of sp³-hybridized carbons (Fsp3) is 0.375. The van der Waals surface area contributed by atoms with Crippen LogP contribution in [0.3, 0.4) is 0 Å². The van der Waals surface area contributed by atoms with E-state index >= 15 is 0 Å². The van der Waals surface area contributed by atoms with Gasteiger partial charge in [-0.3, -0.25) is 9.69 Å². The second kappa shape index (κ2) is 8.37. The number of hydrogen-bond donors (Lipinski definition) is 2. The smallest absolute Gasteiger partial charge is 0.238 e. The Balaban J connectivity index is 0.00000225. The van der Waals surface area contributed by atoms with E-state index in [1.807, 2.05) is 22.7 Å². The molecule has 1 atom stereocenters. The average molecular weight is 372 g/mol. The predicted octanol–water partition coefficient (Wildman–Crippen LogP) is 1.71. The van der Waals surface area contributed by atoms with Crippen molar-refractivity contribution in [2.24, 2.45) is 7.05 Å². The van der Waals surface area contributed by atoms with Gasteiger partial charge in [0.05, 0.1) is 18.3 Å². The first-order valence-electron chi connectivity index (χ1n) is 7.71. The van der Waals surface area contributed by atoms with E-state index in [1.54, 1.807) is 6.20 Å². The van der Waals surface area contributed by atoms with Crippen molar-refractivity contribution in [1.29, 1.82) is 0 Å². The van der Waals surface area contributed by atoms with Crippen LogP contribution < -0.4 is 10.6 Å². The highest BCUT2D eigenvalue weighted by atomic mass is 35.5. The SMILES string of the molecule is Cl.Cn1ccnc1C1CNCCN1CC(=O)Nc1ccc(F)cc1F. The summed E-state index contributed by atoms with van der Waals surface area (Å²) in [4.78, 5) is 18.6. The molecule has 1 unspecified atom stereocenters. The van der Waals surface area contributed by atoms with E-state index in [1.165, 1.54) is 6.07 Å². The third-order valence-electron chi connectivity index (χ3n) is 4.06. The van der Waals surface area contributed by atoms with Gasteiger partial charge in [0, 0.05) is 45.1 Å². The molecular formula is C16H20ClF2N5O. The van der Waals surface area contributed by atoms with Gasteiger partial charge in [0.1, 0.15) is 17.5 Å². The second-order valence-electron chi connectivity index (χ2n) is 5.76. The van der Waals surface area contributed by atoms with Crippen molar-refractivity contribution in [2.45, 2.75) is 6.04 Å². The summed E-state index contributed by atoms with van der Waals surface area (Å²) < 4.78 is 28.5. The summed E-state index contributed by atoms with van der Waals surface area (Å²) in [6.45, 7) is 2.23. The molecule has 3 rings (SSSR count). The lowest BCUT2D eigenvalue weighted by Crippen LogP contribution is -2.49. The Bertz CT molecular complexity index is 739. The highest BCUT2D eigenvalue weighted by molar-refractivity contribution is 5.92. The number of hydrogen-bond acceptors (Lipinski definition) is 4. The molecule has 2 aromatic rings. The van der Waals surface area contributed by atoms with Crippen LogP contribution in [0.15, 0.2) is 30.6 Å². The molecule has 0 saturated carbocycles. The van der Waals surface area contributed by atoms with E-state index in [9.17, 15) is 13.6 Å². The van der Waals surface area contributed by atoms with Crippen molar-refractivity contribution in [2.75, 3.05) is 31.5 Å². The summed E-state index contributed by atoms with van der Waals surface area (Å²) in [7, 11) is 1.91. The third kappa shape index (κ3) is 4.53. The number of piperazine rings is 1. The molecule has 1 aliphatic heterocycles. The van der Waals surface area contributed by atoms with Gasteiger partial charge in [-0.1, -0.05) is 0 Å².